The topological polar surface area (TPSA) is 12.9 Å². The van der Waals surface area contributed by atoms with Crippen molar-refractivity contribution in [1.82, 2.24) is 4.98 Å². The normalized spacial score (nSPS) is 9.82. The average Bonchev–Trinajstić information content (AvgIpc) is 2.64. The minimum atomic E-state index is 1.20. The van der Waals surface area contributed by atoms with E-state index in [0.717, 1.165) is 0 Å². The standard InChI is InChI=1S/C12H10.C9H7N/c1-3-7-11(8-4-1)12-9-5-2-6-10-12;1-2-4-9-7-10-6-5-8(9)3-1/h1-10H;1-7H. The third-order valence-electron chi connectivity index (χ3n) is 3.43. The molecule has 0 N–H and O–H groups in total. The molecule has 0 saturated heterocycles. The number of rotatable bonds is 1. The molecule has 4 rings (SSSR count). The zero-order valence-electron chi connectivity index (χ0n) is 12.3. The van der Waals surface area contributed by atoms with Gasteiger partial charge in [0.05, 0.1) is 0 Å². The van der Waals surface area contributed by atoms with E-state index in [2.05, 4.69) is 65.6 Å². The van der Waals surface area contributed by atoms with Gasteiger partial charge in [0.2, 0.25) is 0 Å². The lowest BCUT2D eigenvalue weighted by Gasteiger charge is -1.98. The first-order valence-corrected chi connectivity index (χ1v) is 7.33. The van der Waals surface area contributed by atoms with E-state index in [9.17, 15) is 0 Å². The summed E-state index contributed by atoms with van der Waals surface area (Å²) in [7, 11) is 0. The Balaban J connectivity index is 0.000000133. The lowest BCUT2D eigenvalue weighted by Crippen LogP contribution is -1.73. The molecule has 0 aliphatic rings. The van der Waals surface area contributed by atoms with Gasteiger partial charge >= 0.3 is 0 Å². The number of benzene rings is 3. The van der Waals surface area contributed by atoms with Crippen molar-refractivity contribution in [3.63, 3.8) is 0 Å². The Kier molecular flexibility index (Phi) is 4.58. The molecule has 1 heteroatoms. The van der Waals surface area contributed by atoms with Crippen LogP contribution in [0.25, 0.3) is 21.9 Å². The maximum atomic E-state index is 4.01. The van der Waals surface area contributed by atoms with Gasteiger partial charge in [0, 0.05) is 12.4 Å². The van der Waals surface area contributed by atoms with Crippen LogP contribution in [0.2, 0.25) is 0 Å². The average molecular weight is 283 g/mol. The van der Waals surface area contributed by atoms with Crippen LogP contribution in [-0.4, -0.2) is 4.98 Å². The Labute approximate surface area is 130 Å². The molecule has 0 saturated carbocycles. The van der Waals surface area contributed by atoms with Gasteiger partial charge in [-0.1, -0.05) is 84.9 Å². The highest BCUT2D eigenvalue weighted by Crippen LogP contribution is 2.17. The highest BCUT2D eigenvalue weighted by molar-refractivity contribution is 5.80. The summed E-state index contributed by atoms with van der Waals surface area (Å²) in [5.41, 5.74) is 2.55. The van der Waals surface area contributed by atoms with Crippen LogP contribution in [0, 0.1) is 0 Å². The summed E-state index contributed by atoms with van der Waals surface area (Å²) in [4.78, 5) is 4.01. The minimum absolute atomic E-state index is 1.20. The van der Waals surface area contributed by atoms with Crippen molar-refractivity contribution in [2.45, 2.75) is 0 Å². The van der Waals surface area contributed by atoms with Crippen molar-refractivity contribution in [2.75, 3.05) is 0 Å². The molecule has 0 aliphatic heterocycles. The molecule has 0 bridgehead atoms. The van der Waals surface area contributed by atoms with Gasteiger partial charge < -0.3 is 0 Å². The Bertz CT molecular complexity index is 720. The quantitative estimate of drug-likeness (QED) is 0.444. The molecule has 4 aromatic rings. The number of pyridine rings is 1. The van der Waals surface area contributed by atoms with E-state index < -0.39 is 0 Å². The van der Waals surface area contributed by atoms with Gasteiger partial charge in [-0.25, -0.2) is 0 Å². The second-order valence-electron chi connectivity index (χ2n) is 4.95. The van der Waals surface area contributed by atoms with Crippen molar-refractivity contribution >= 4 is 10.8 Å². The van der Waals surface area contributed by atoms with Crippen molar-refractivity contribution in [1.29, 1.82) is 0 Å². The first kappa shape index (κ1) is 14.0. The highest BCUT2D eigenvalue weighted by Gasteiger charge is 1.91. The van der Waals surface area contributed by atoms with E-state index in [0.29, 0.717) is 0 Å². The lowest BCUT2D eigenvalue weighted by atomic mass is 10.1. The molecule has 1 aromatic heterocycles. The summed E-state index contributed by atoms with van der Waals surface area (Å²) in [5, 5.41) is 2.45. The van der Waals surface area contributed by atoms with E-state index in [1.165, 1.54) is 21.9 Å². The smallest absolute Gasteiger partial charge is 0.0346 e. The van der Waals surface area contributed by atoms with Crippen LogP contribution in [0.15, 0.2) is 103 Å². The summed E-state index contributed by atoms with van der Waals surface area (Å²) in [6.45, 7) is 0. The number of hydrogen-bond donors (Lipinski definition) is 0. The third-order valence-corrected chi connectivity index (χ3v) is 3.43. The van der Waals surface area contributed by atoms with Gasteiger partial charge in [-0.05, 0) is 28.0 Å². The largest absolute Gasteiger partial charge is 0.264 e. The fraction of sp³-hybridized carbons (Fsp3) is 0. The molecule has 1 heterocycles. The minimum Gasteiger partial charge on any atom is -0.264 e. The first-order chi connectivity index (χ1) is 10.9. The molecule has 3 aromatic carbocycles. The maximum absolute atomic E-state index is 4.01. The second-order valence-corrected chi connectivity index (χ2v) is 4.95. The Morgan fingerprint density at radius 3 is 1.50 bits per heavy atom. The Hall–Kier alpha value is -2.93. The zero-order valence-corrected chi connectivity index (χ0v) is 12.3. The lowest BCUT2D eigenvalue weighted by molar-refractivity contribution is 1.36. The predicted octanol–water partition coefficient (Wildman–Crippen LogP) is 5.59. The molecule has 0 unspecified atom stereocenters. The summed E-state index contributed by atoms with van der Waals surface area (Å²) in [6.07, 6.45) is 3.68. The van der Waals surface area contributed by atoms with Crippen molar-refractivity contribution in [3.8, 4) is 11.1 Å². The molecule has 0 radical (unpaired) electrons. The van der Waals surface area contributed by atoms with Crippen molar-refractivity contribution in [2.24, 2.45) is 0 Å². The highest BCUT2D eigenvalue weighted by atomic mass is 14.6. The monoisotopic (exact) mass is 283 g/mol. The number of fused-ring (bicyclic) bond motifs is 1. The third kappa shape index (κ3) is 3.58. The van der Waals surface area contributed by atoms with Crippen molar-refractivity contribution < 1.29 is 0 Å². The summed E-state index contributed by atoms with van der Waals surface area (Å²) in [6, 6.07) is 31.0. The van der Waals surface area contributed by atoms with Gasteiger partial charge in [0.25, 0.3) is 0 Å². The molecule has 22 heavy (non-hydrogen) atoms. The van der Waals surface area contributed by atoms with Crippen LogP contribution in [0.5, 0.6) is 0 Å². The Morgan fingerprint density at radius 1 is 0.455 bits per heavy atom. The van der Waals surface area contributed by atoms with E-state index in [-0.39, 0.29) is 0 Å². The molecule has 0 spiro atoms. The van der Waals surface area contributed by atoms with Gasteiger partial charge in [-0.3, -0.25) is 4.98 Å². The van der Waals surface area contributed by atoms with Crippen LogP contribution < -0.4 is 0 Å². The number of hydrogen-bond acceptors (Lipinski definition) is 1. The summed E-state index contributed by atoms with van der Waals surface area (Å²) < 4.78 is 0. The molecule has 1 nitrogen and oxygen atoms in total. The molecule has 0 aliphatic carbocycles. The maximum Gasteiger partial charge on any atom is 0.0346 e. The molecular weight excluding hydrogens is 266 g/mol. The summed E-state index contributed by atoms with van der Waals surface area (Å²) in [5.74, 6) is 0. The van der Waals surface area contributed by atoms with Gasteiger partial charge in [-0.15, -0.1) is 0 Å². The zero-order chi connectivity index (χ0) is 15.0. The fourth-order valence-corrected chi connectivity index (χ4v) is 2.29. The van der Waals surface area contributed by atoms with E-state index in [4.69, 9.17) is 0 Å². The van der Waals surface area contributed by atoms with Crippen LogP contribution in [-0.2, 0) is 0 Å². The van der Waals surface area contributed by atoms with E-state index >= 15 is 0 Å². The summed E-state index contributed by atoms with van der Waals surface area (Å²) >= 11 is 0. The van der Waals surface area contributed by atoms with E-state index in [1.807, 2.05) is 42.7 Å². The number of nitrogens with zero attached hydrogens (tertiary/aromatic N) is 1. The van der Waals surface area contributed by atoms with Crippen LogP contribution >= 0.6 is 0 Å². The van der Waals surface area contributed by atoms with Crippen LogP contribution in [0.3, 0.4) is 0 Å². The molecule has 106 valence electrons. The molecule has 0 fully saturated rings. The van der Waals surface area contributed by atoms with Crippen LogP contribution in [0.4, 0.5) is 0 Å². The fourth-order valence-electron chi connectivity index (χ4n) is 2.29. The van der Waals surface area contributed by atoms with Gasteiger partial charge in [0.15, 0.2) is 0 Å². The van der Waals surface area contributed by atoms with E-state index in [1.54, 1.807) is 0 Å². The Morgan fingerprint density at radius 2 is 0.955 bits per heavy atom. The number of aromatic nitrogens is 1. The van der Waals surface area contributed by atoms with Crippen molar-refractivity contribution in [3.05, 3.63) is 103 Å². The SMILES string of the molecule is c1ccc(-c2ccccc2)cc1.c1ccc2cnccc2c1. The predicted molar refractivity (Wildman–Crippen MR) is 93.6 cm³/mol. The van der Waals surface area contributed by atoms with Crippen LogP contribution in [0.1, 0.15) is 0 Å². The van der Waals surface area contributed by atoms with Gasteiger partial charge in [0.1, 0.15) is 0 Å². The molecule has 0 atom stereocenters. The molecule has 0 amide bonds. The first-order valence-electron chi connectivity index (χ1n) is 7.33. The molecular formula is C21H17N. The van der Waals surface area contributed by atoms with Gasteiger partial charge in [-0.2, -0.15) is 0 Å². The second kappa shape index (κ2) is 7.19.